The van der Waals surface area contributed by atoms with Crippen molar-refractivity contribution in [2.45, 2.75) is 13.0 Å². The van der Waals surface area contributed by atoms with Crippen LogP contribution in [-0.4, -0.2) is 51.3 Å². The van der Waals surface area contributed by atoms with Crippen LogP contribution in [0.3, 0.4) is 0 Å². The van der Waals surface area contributed by atoms with E-state index in [0.29, 0.717) is 18.0 Å². The number of nitrogens with zero attached hydrogens (tertiary/aromatic N) is 1. The Hall–Kier alpha value is -3.22. The fraction of sp³-hybridized carbons (Fsp3) is 0.333. The first kappa shape index (κ1) is 21.1. The van der Waals surface area contributed by atoms with E-state index in [4.69, 9.17) is 14.2 Å². The van der Waals surface area contributed by atoms with E-state index in [1.165, 1.54) is 7.11 Å². The van der Waals surface area contributed by atoms with E-state index in [0.717, 1.165) is 11.3 Å². The van der Waals surface area contributed by atoms with Crippen molar-refractivity contribution in [3.05, 3.63) is 54.1 Å². The fourth-order valence-corrected chi connectivity index (χ4v) is 2.50. The second kappa shape index (κ2) is 10.8. The minimum atomic E-state index is -0.374. The van der Waals surface area contributed by atoms with Gasteiger partial charge < -0.3 is 23.8 Å². The van der Waals surface area contributed by atoms with Crippen LogP contribution >= 0.6 is 0 Å². The largest absolute Gasteiger partial charge is 0.497 e. The molecule has 0 unspecified atom stereocenters. The Labute approximate surface area is 164 Å². The summed E-state index contributed by atoms with van der Waals surface area (Å²) in [5.74, 6) is 1.30. The van der Waals surface area contributed by atoms with Gasteiger partial charge in [-0.3, -0.25) is 9.59 Å². The lowest BCUT2D eigenvalue weighted by atomic mass is 10.2. The molecule has 0 saturated carbocycles. The molecule has 0 aliphatic heterocycles. The Balaban J connectivity index is 2.03. The normalized spacial score (nSPS) is 10.1. The van der Waals surface area contributed by atoms with Crippen LogP contribution in [0, 0.1) is 0 Å². The average molecular weight is 387 g/mol. The molecule has 0 spiro atoms. The number of hydrogen-bond donors (Lipinski definition) is 0. The molecule has 0 fully saturated rings. The second-order valence-electron chi connectivity index (χ2n) is 5.96. The number of methoxy groups -OCH3 is 3. The summed E-state index contributed by atoms with van der Waals surface area (Å²) in [5, 5.41) is 0. The van der Waals surface area contributed by atoms with Crippen molar-refractivity contribution in [2.75, 3.05) is 34.5 Å². The average Bonchev–Trinajstić information content (AvgIpc) is 2.75. The summed E-state index contributed by atoms with van der Waals surface area (Å²) in [6, 6.07) is 14.4. The van der Waals surface area contributed by atoms with Gasteiger partial charge in [-0.2, -0.15) is 0 Å². The molecule has 7 nitrogen and oxygen atoms in total. The molecule has 2 aromatic rings. The van der Waals surface area contributed by atoms with Crippen LogP contribution in [-0.2, 0) is 20.9 Å². The van der Waals surface area contributed by atoms with Crippen molar-refractivity contribution in [1.29, 1.82) is 0 Å². The summed E-state index contributed by atoms with van der Waals surface area (Å²) >= 11 is 0. The highest BCUT2D eigenvalue weighted by Crippen LogP contribution is 2.19. The van der Waals surface area contributed by atoms with Crippen molar-refractivity contribution in [2.24, 2.45) is 0 Å². The number of benzene rings is 2. The first-order valence-corrected chi connectivity index (χ1v) is 8.80. The third-order valence-corrected chi connectivity index (χ3v) is 4.10. The summed E-state index contributed by atoms with van der Waals surface area (Å²) in [6.45, 7) is 0.435. The molecular weight excluding hydrogens is 362 g/mol. The molecular formula is C21H25NO6. The minimum Gasteiger partial charge on any atom is -0.497 e. The molecule has 0 aromatic heterocycles. The van der Waals surface area contributed by atoms with Gasteiger partial charge in [0.15, 0.2) is 6.61 Å². The molecule has 7 heteroatoms. The highest BCUT2D eigenvalue weighted by Gasteiger charge is 2.17. The third-order valence-electron chi connectivity index (χ3n) is 4.10. The van der Waals surface area contributed by atoms with Crippen LogP contribution in [0.15, 0.2) is 48.5 Å². The maximum atomic E-state index is 12.7. The van der Waals surface area contributed by atoms with E-state index >= 15 is 0 Å². The van der Waals surface area contributed by atoms with Gasteiger partial charge >= 0.3 is 5.97 Å². The van der Waals surface area contributed by atoms with Crippen molar-refractivity contribution < 1.29 is 28.5 Å². The van der Waals surface area contributed by atoms with E-state index in [1.807, 2.05) is 24.3 Å². The van der Waals surface area contributed by atoms with Gasteiger partial charge in [-0.25, -0.2) is 0 Å². The van der Waals surface area contributed by atoms with Crippen molar-refractivity contribution in [3.8, 4) is 17.2 Å². The number of carbonyl (C=O) groups is 2. The molecule has 0 N–H and O–H groups in total. The number of esters is 1. The first-order chi connectivity index (χ1) is 13.5. The smallest absolute Gasteiger partial charge is 0.307 e. The Morgan fingerprint density at radius 1 is 0.893 bits per heavy atom. The highest BCUT2D eigenvalue weighted by molar-refractivity contribution is 5.78. The summed E-state index contributed by atoms with van der Waals surface area (Å²) in [5.41, 5.74) is 0.917. The zero-order valence-electron chi connectivity index (χ0n) is 16.3. The quantitative estimate of drug-likeness (QED) is 0.584. The third kappa shape index (κ3) is 6.50. The summed E-state index contributed by atoms with van der Waals surface area (Å²) in [7, 11) is 4.48. The lowest BCUT2D eigenvalue weighted by Gasteiger charge is -2.22. The van der Waals surface area contributed by atoms with Gasteiger partial charge in [-0.05, 0) is 29.8 Å². The molecule has 0 saturated heterocycles. The molecule has 0 aliphatic rings. The molecule has 28 heavy (non-hydrogen) atoms. The molecule has 2 aromatic carbocycles. The van der Waals surface area contributed by atoms with Gasteiger partial charge in [0.25, 0.3) is 5.91 Å². The summed E-state index contributed by atoms with van der Waals surface area (Å²) in [6.07, 6.45) is 0.109. The molecule has 1 amide bonds. The van der Waals surface area contributed by atoms with Gasteiger partial charge in [-0.15, -0.1) is 0 Å². The predicted octanol–water partition coefficient (Wildman–Crippen LogP) is 2.67. The van der Waals surface area contributed by atoms with Gasteiger partial charge in [0.1, 0.15) is 17.2 Å². The lowest BCUT2D eigenvalue weighted by molar-refractivity contribution is -0.142. The first-order valence-electron chi connectivity index (χ1n) is 8.80. The van der Waals surface area contributed by atoms with Gasteiger partial charge in [0.05, 0.1) is 27.8 Å². The number of amides is 1. The molecule has 150 valence electrons. The zero-order chi connectivity index (χ0) is 20.4. The SMILES string of the molecule is COC(=O)CCN(Cc1ccc(OC)cc1)C(=O)COc1cccc(OC)c1. The van der Waals surface area contributed by atoms with E-state index in [-0.39, 0.29) is 31.4 Å². The van der Waals surface area contributed by atoms with Gasteiger partial charge in [-0.1, -0.05) is 18.2 Å². The van der Waals surface area contributed by atoms with Gasteiger partial charge in [0, 0.05) is 19.2 Å². The molecule has 0 bridgehead atoms. The number of ether oxygens (including phenoxy) is 4. The monoisotopic (exact) mass is 387 g/mol. The van der Waals surface area contributed by atoms with Crippen molar-refractivity contribution >= 4 is 11.9 Å². The topological polar surface area (TPSA) is 74.3 Å². The summed E-state index contributed by atoms with van der Waals surface area (Å²) in [4.78, 5) is 25.8. The van der Waals surface area contributed by atoms with Crippen LogP contribution in [0.5, 0.6) is 17.2 Å². The molecule has 0 atom stereocenters. The van der Waals surface area contributed by atoms with Crippen LogP contribution in [0.4, 0.5) is 0 Å². The lowest BCUT2D eigenvalue weighted by Crippen LogP contribution is -2.36. The number of carbonyl (C=O) groups excluding carboxylic acids is 2. The zero-order valence-corrected chi connectivity index (χ0v) is 16.3. The minimum absolute atomic E-state index is 0.109. The van der Waals surface area contributed by atoms with Crippen LogP contribution in [0.2, 0.25) is 0 Å². The van der Waals surface area contributed by atoms with E-state index in [2.05, 4.69) is 4.74 Å². The highest BCUT2D eigenvalue weighted by atomic mass is 16.5. The maximum Gasteiger partial charge on any atom is 0.307 e. The van der Waals surface area contributed by atoms with Crippen LogP contribution < -0.4 is 14.2 Å². The standard InChI is InChI=1S/C21H25NO6/c1-25-17-9-7-16(8-10-17)14-22(12-11-21(24)27-3)20(23)15-28-19-6-4-5-18(13-19)26-2/h4-10,13H,11-12,14-15H2,1-3H3. The summed E-state index contributed by atoms with van der Waals surface area (Å²) < 4.78 is 20.6. The van der Waals surface area contributed by atoms with Crippen LogP contribution in [0.25, 0.3) is 0 Å². The maximum absolute atomic E-state index is 12.7. The van der Waals surface area contributed by atoms with Crippen molar-refractivity contribution in [1.82, 2.24) is 4.90 Å². The number of rotatable bonds is 10. The second-order valence-corrected chi connectivity index (χ2v) is 5.96. The molecule has 0 aliphatic carbocycles. The van der Waals surface area contributed by atoms with E-state index in [9.17, 15) is 9.59 Å². The fourth-order valence-electron chi connectivity index (χ4n) is 2.50. The Morgan fingerprint density at radius 3 is 2.21 bits per heavy atom. The molecule has 2 rings (SSSR count). The number of hydrogen-bond acceptors (Lipinski definition) is 6. The van der Waals surface area contributed by atoms with Crippen LogP contribution in [0.1, 0.15) is 12.0 Å². The Bertz CT molecular complexity index is 775. The Kier molecular flexibility index (Phi) is 8.14. The van der Waals surface area contributed by atoms with E-state index in [1.54, 1.807) is 43.4 Å². The van der Waals surface area contributed by atoms with E-state index < -0.39 is 0 Å². The Morgan fingerprint density at radius 2 is 1.57 bits per heavy atom. The van der Waals surface area contributed by atoms with Gasteiger partial charge in [0.2, 0.25) is 0 Å². The predicted molar refractivity (Wildman–Crippen MR) is 104 cm³/mol. The molecule has 0 radical (unpaired) electrons. The van der Waals surface area contributed by atoms with Crippen molar-refractivity contribution in [3.63, 3.8) is 0 Å². The molecule has 0 heterocycles.